The molecule has 0 heterocycles. The molecule has 0 aliphatic rings. The molecule has 0 radical (unpaired) electrons. The molecule has 0 aromatic carbocycles. The molecule has 4 heteroatoms. The third-order valence-corrected chi connectivity index (χ3v) is 4.66. The van der Waals surface area contributed by atoms with Gasteiger partial charge in [0.15, 0.2) is 5.60 Å². The second-order valence-electron chi connectivity index (χ2n) is 7.00. The molecule has 0 aliphatic heterocycles. The fourth-order valence-corrected chi connectivity index (χ4v) is 2.78. The van der Waals surface area contributed by atoms with Crippen LogP contribution in [0.5, 0.6) is 0 Å². The lowest BCUT2D eigenvalue weighted by Crippen LogP contribution is -2.46. The Kier molecular flexibility index (Phi) is 13.4. The molecule has 0 saturated heterocycles. The third kappa shape index (κ3) is 11.5. The van der Waals surface area contributed by atoms with E-state index in [9.17, 15) is 15.0 Å². The first-order valence-corrected chi connectivity index (χ1v) is 9.56. The van der Waals surface area contributed by atoms with E-state index in [1.54, 1.807) is 0 Å². The Balaban J connectivity index is 3.32. The molecule has 0 rings (SSSR count). The van der Waals surface area contributed by atoms with Crippen LogP contribution in [-0.4, -0.2) is 33.0 Å². The number of rotatable bonds is 16. The quantitative estimate of drug-likeness (QED) is 0.360. The fraction of sp³-hybridized carbons (Fsp3) is 0.947. The summed E-state index contributed by atoms with van der Waals surface area (Å²) in [6.07, 6.45) is 15.4. The van der Waals surface area contributed by atoms with Gasteiger partial charge in [0.05, 0.1) is 6.10 Å². The van der Waals surface area contributed by atoms with Crippen molar-refractivity contribution in [3.63, 3.8) is 0 Å². The Morgan fingerprint density at radius 3 is 1.52 bits per heavy atom. The SMILES string of the molecule is CCCCCCCCCCCCCCCC(O)C(C)(O)C(=O)O. The average molecular weight is 331 g/mol. The first-order chi connectivity index (χ1) is 10.9. The molecule has 4 nitrogen and oxygen atoms in total. The van der Waals surface area contributed by atoms with E-state index in [1.165, 1.54) is 64.2 Å². The molecule has 2 unspecified atom stereocenters. The van der Waals surface area contributed by atoms with Crippen molar-refractivity contribution in [2.75, 3.05) is 0 Å². The molecule has 0 aliphatic carbocycles. The van der Waals surface area contributed by atoms with Gasteiger partial charge in [-0.1, -0.05) is 90.4 Å². The number of aliphatic carboxylic acids is 1. The van der Waals surface area contributed by atoms with Crippen molar-refractivity contribution < 1.29 is 20.1 Å². The molecule has 2 atom stereocenters. The van der Waals surface area contributed by atoms with Crippen molar-refractivity contribution >= 4 is 5.97 Å². The van der Waals surface area contributed by atoms with Crippen molar-refractivity contribution in [1.82, 2.24) is 0 Å². The largest absolute Gasteiger partial charge is 0.479 e. The van der Waals surface area contributed by atoms with Crippen LogP contribution in [0.4, 0.5) is 0 Å². The third-order valence-electron chi connectivity index (χ3n) is 4.66. The van der Waals surface area contributed by atoms with Crippen molar-refractivity contribution in [3.05, 3.63) is 0 Å². The highest BCUT2D eigenvalue weighted by atomic mass is 16.4. The highest BCUT2D eigenvalue weighted by molar-refractivity contribution is 5.77. The molecule has 0 aromatic rings. The van der Waals surface area contributed by atoms with Crippen molar-refractivity contribution in [1.29, 1.82) is 0 Å². The lowest BCUT2D eigenvalue weighted by molar-refractivity contribution is -0.169. The van der Waals surface area contributed by atoms with E-state index in [-0.39, 0.29) is 0 Å². The second kappa shape index (κ2) is 13.8. The number of hydrogen-bond donors (Lipinski definition) is 3. The zero-order valence-corrected chi connectivity index (χ0v) is 15.2. The molecule has 138 valence electrons. The summed E-state index contributed by atoms with van der Waals surface area (Å²) in [6, 6.07) is 0. The summed E-state index contributed by atoms with van der Waals surface area (Å²) in [5.74, 6) is -1.36. The van der Waals surface area contributed by atoms with E-state index in [4.69, 9.17) is 5.11 Å². The normalized spacial score (nSPS) is 15.3. The van der Waals surface area contributed by atoms with Crippen molar-refractivity contribution in [3.8, 4) is 0 Å². The van der Waals surface area contributed by atoms with Crippen LogP contribution in [0.25, 0.3) is 0 Å². The van der Waals surface area contributed by atoms with Crippen LogP contribution < -0.4 is 0 Å². The lowest BCUT2D eigenvalue weighted by atomic mass is 9.94. The van der Waals surface area contributed by atoms with E-state index in [0.29, 0.717) is 6.42 Å². The van der Waals surface area contributed by atoms with Gasteiger partial charge in [-0.2, -0.15) is 0 Å². The number of aliphatic hydroxyl groups excluding tert-OH is 1. The van der Waals surface area contributed by atoms with Crippen LogP contribution in [0, 0.1) is 0 Å². The molecule has 0 amide bonds. The summed E-state index contributed by atoms with van der Waals surface area (Å²) in [4.78, 5) is 10.8. The number of carboxylic acid groups (broad SMARTS) is 1. The Bertz CT molecular complexity index is 289. The lowest BCUT2D eigenvalue weighted by Gasteiger charge is -2.24. The Hall–Kier alpha value is -0.610. The maximum atomic E-state index is 10.8. The van der Waals surface area contributed by atoms with Gasteiger partial charge >= 0.3 is 5.97 Å². The van der Waals surface area contributed by atoms with E-state index >= 15 is 0 Å². The molecule has 0 spiro atoms. The van der Waals surface area contributed by atoms with Crippen LogP contribution >= 0.6 is 0 Å². The molecular formula is C19H38O4. The molecule has 3 N–H and O–H groups in total. The number of unbranched alkanes of at least 4 members (excludes halogenated alkanes) is 12. The van der Waals surface area contributed by atoms with Gasteiger partial charge in [-0.05, 0) is 13.3 Å². The molecule has 0 bridgehead atoms. The predicted molar refractivity (Wildman–Crippen MR) is 94.6 cm³/mol. The fourth-order valence-electron chi connectivity index (χ4n) is 2.78. The number of carbonyl (C=O) groups is 1. The summed E-state index contributed by atoms with van der Waals surface area (Å²) in [5, 5.41) is 28.1. The van der Waals surface area contributed by atoms with Gasteiger partial charge in [-0.15, -0.1) is 0 Å². The highest BCUT2D eigenvalue weighted by Crippen LogP contribution is 2.18. The first-order valence-electron chi connectivity index (χ1n) is 9.56. The van der Waals surface area contributed by atoms with Crippen LogP contribution in [0.2, 0.25) is 0 Å². The van der Waals surface area contributed by atoms with Gasteiger partial charge in [0.25, 0.3) is 0 Å². The van der Waals surface area contributed by atoms with Gasteiger partial charge in [0.2, 0.25) is 0 Å². The van der Waals surface area contributed by atoms with Gasteiger partial charge in [-0.3, -0.25) is 0 Å². The summed E-state index contributed by atoms with van der Waals surface area (Å²) in [5.41, 5.74) is -2.03. The summed E-state index contributed by atoms with van der Waals surface area (Å²) in [6.45, 7) is 3.40. The van der Waals surface area contributed by atoms with E-state index < -0.39 is 17.7 Å². The van der Waals surface area contributed by atoms with Gasteiger partial charge < -0.3 is 15.3 Å². The molecule has 0 fully saturated rings. The molecular weight excluding hydrogens is 292 g/mol. The topological polar surface area (TPSA) is 77.8 Å². The first kappa shape index (κ1) is 22.4. The monoisotopic (exact) mass is 330 g/mol. The standard InChI is InChI=1S/C19H38O4/c1-3-4-5-6-7-8-9-10-11-12-13-14-15-16-17(20)19(2,23)18(21)22/h17,20,23H,3-16H2,1-2H3,(H,21,22). The maximum Gasteiger partial charge on any atom is 0.338 e. The summed E-state index contributed by atoms with van der Waals surface area (Å²) in [7, 11) is 0. The number of carboxylic acids is 1. The van der Waals surface area contributed by atoms with Crippen LogP contribution in [-0.2, 0) is 4.79 Å². The minimum Gasteiger partial charge on any atom is -0.479 e. The predicted octanol–water partition coefficient (Wildman–Crippen LogP) is 4.66. The molecule has 23 heavy (non-hydrogen) atoms. The average Bonchev–Trinajstić information content (AvgIpc) is 2.51. The smallest absolute Gasteiger partial charge is 0.338 e. The van der Waals surface area contributed by atoms with Crippen molar-refractivity contribution in [2.45, 2.75) is 115 Å². The Labute approximate surface area is 142 Å². The van der Waals surface area contributed by atoms with Gasteiger partial charge in [0.1, 0.15) is 0 Å². The zero-order chi connectivity index (χ0) is 17.6. The van der Waals surface area contributed by atoms with Crippen molar-refractivity contribution in [2.24, 2.45) is 0 Å². The molecule has 0 aromatic heterocycles. The number of hydrogen-bond acceptors (Lipinski definition) is 3. The number of aliphatic hydroxyl groups is 2. The molecule has 0 saturated carbocycles. The van der Waals surface area contributed by atoms with E-state index in [2.05, 4.69) is 6.92 Å². The maximum absolute atomic E-state index is 10.8. The highest BCUT2D eigenvalue weighted by Gasteiger charge is 2.37. The van der Waals surface area contributed by atoms with Crippen LogP contribution in [0.1, 0.15) is 104 Å². The minimum absolute atomic E-state index is 0.344. The Morgan fingerprint density at radius 1 is 0.826 bits per heavy atom. The zero-order valence-electron chi connectivity index (χ0n) is 15.2. The second-order valence-corrected chi connectivity index (χ2v) is 7.00. The van der Waals surface area contributed by atoms with Gasteiger partial charge in [-0.25, -0.2) is 4.79 Å². The van der Waals surface area contributed by atoms with E-state index in [0.717, 1.165) is 26.2 Å². The summed E-state index contributed by atoms with van der Waals surface area (Å²) >= 11 is 0. The Morgan fingerprint density at radius 2 is 1.17 bits per heavy atom. The summed E-state index contributed by atoms with van der Waals surface area (Å²) < 4.78 is 0. The van der Waals surface area contributed by atoms with Gasteiger partial charge in [0, 0.05) is 0 Å². The van der Waals surface area contributed by atoms with Crippen LogP contribution in [0.15, 0.2) is 0 Å². The minimum atomic E-state index is -2.03. The van der Waals surface area contributed by atoms with Crippen LogP contribution in [0.3, 0.4) is 0 Å². The van der Waals surface area contributed by atoms with E-state index in [1.807, 2.05) is 0 Å².